The number of halogens is 1. The highest BCUT2D eigenvalue weighted by molar-refractivity contribution is 9.10. The van der Waals surface area contributed by atoms with Crippen molar-refractivity contribution in [3.05, 3.63) is 110 Å². The molecule has 2 aromatic carbocycles. The van der Waals surface area contributed by atoms with Gasteiger partial charge in [0.15, 0.2) is 0 Å². The number of carbonyl (C=O) groups excluding carboxylic acids is 1. The van der Waals surface area contributed by atoms with E-state index in [0.717, 1.165) is 68.2 Å². The smallest absolute Gasteiger partial charge is 0.265 e. The minimum absolute atomic E-state index is 0.00153. The maximum absolute atomic E-state index is 13.7. The largest absolute Gasteiger partial charge is 0.483 e. The minimum Gasteiger partial charge on any atom is -0.483 e. The molecule has 3 N–H and O–H groups in total. The van der Waals surface area contributed by atoms with Crippen LogP contribution in [0.2, 0.25) is 0 Å². The molecule has 1 aliphatic heterocycles. The summed E-state index contributed by atoms with van der Waals surface area (Å²) in [5.41, 5.74) is 3.34. The summed E-state index contributed by atoms with van der Waals surface area (Å²) in [5, 5.41) is 18.4. The molecule has 2 heterocycles. The Morgan fingerprint density at radius 2 is 1.93 bits per heavy atom. The summed E-state index contributed by atoms with van der Waals surface area (Å²) in [6, 6.07) is 17.5. The van der Waals surface area contributed by atoms with E-state index in [1.165, 1.54) is 5.56 Å². The molecule has 1 aromatic heterocycles. The molecule has 3 aromatic rings. The van der Waals surface area contributed by atoms with Gasteiger partial charge in [-0.1, -0.05) is 68.3 Å². The van der Waals surface area contributed by atoms with Crippen molar-refractivity contribution in [2.24, 2.45) is 0 Å². The Labute approximate surface area is 267 Å². The van der Waals surface area contributed by atoms with Gasteiger partial charge in [-0.25, -0.2) is 0 Å². The average Bonchev–Trinajstić information content (AvgIpc) is 3.74. The van der Waals surface area contributed by atoms with Gasteiger partial charge in [0, 0.05) is 36.8 Å². The van der Waals surface area contributed by atoms with E-state index in [9.17, 15) is 14.7 Å². The molecule has 1 amide bonds. The third-order valence-corrected chi connectivity index (χ3v) is 10.1. The number of hydrogen-bond donors (Lipinski definition) is 3. The molecular formula is C36H42BrN3O4. The number of carbonyl (C=O) groups is 1. The third-order valence-electron chi connectivity index (χ3n) is 9.51. The summed E-state index contributed by atoms with van der Waals surface area (Å²) < 4.78 is 8.61. The fourth-order valence-electron chi connectivity index (χ4n) is 7.00. The van der Waals surface area contributed by atoms with Gasteiger partial charge in [-0.2, -0.15) is 0 Å². The monoisotopic (exact) mass is 659 g/mol. The van der Waals surface area contributed by atoms with Crippen LogP contribution in [0.25, 0.3) is 0 Å². The van der Waals surface area contributed by atoms with Crippen molar-refractivity contribution in [2.75, 3.05) is 6.54 Å². The molecule has 7 nitrogen and oxygen atoms in total. The Balaban J connectivity index is 1.22. The number of amides is 1. The molecule has 4 atom stereocenters. The lowest BCUT2D eigenvalue weighted by molar-refractivity contribution is 0.0654. The zero-order chi connectivity index (χ0) is 30.7. The summed E-state index contributed by atoms with van der Waals surface area (Å²) in [6.07, 6.45) is 13.3. The Kier molecular flexibility index (Phi) is 9.40. The molecular weight excluding hydrogens is 618 g/mol. The number of aryl methyl sites for hydroxylation is 1. The number of nitrogens with one attached hydrogen (secondary N) is 2. The van der Waals surface area contributed by atoms with Crippen LogP contribution in [0.4, 0.5) is 0 Å². The fourth-order valence-corrected chi connectivity index (χ4v) is 7.45. The molecule has 2 unspecified atom stereocenters. The Morgan fingerprint density at radius 3 is 2.66 bits per heavy atom. The molecule has 1 fully saturated rings. The SMILES string of the molecule is CCc1ccc2c(c1)C(NC[C@@H](O)[C@H](Cc1ccccc1)NC(=O)c1cc(Br)c(=O)n(C3CCCC3)c1)CC1(C=CCC1)O2. The average molecular weight is 661 g/mol. The first kappa shape index (κ1) is 30.8. The zero-order valence-corrected chi connectivity index (χ0v) is 26.9. The van der Waals surface area contributed by atoms with Crippen LogP contribution in [0.1, 0.15) is 91.0 Å². The van der Waals surface area contributed by atoms with Crippen molar-refractivity contribution in [2.45, 2.75) is 94.5 Å². The highest BCUT2D eigenvalue weighted by Gasteiger charge is 2.41. The molecule has 0 bridgehead atoms. The first-order valence-electron chi connectivity index (χ1n) is 16.0. The molecule has 1 spiro atoms. The van der Waals surface area contributed by atoms with Gasteiger partial charge in [0.05, 0.1) is 22.2 Å². The normalized spacial score (nSPS) is 22.5. The van der Waals surface area contributed by atoms with Crippen LogP contribution in [0.15, 0.2) is 82.2 Å². The van der Waals surface area contributed by atoms with Gasteiger partial charge in [0.1, 0.15) is 11.4 Å². The summed E-state index contributed by atoms with van der Waals surface area (Å²) >= 11 is 3.39. The van der Waals surface area contributed by atoms with Crippen LogP contribution in [-0.4, -0.2) is 39.9 Å². The number of ether oxygens (including phenoxy) is 1. The first-order valence-corrected chi connectivity index (χ1v) is 16.8. The number of hydrogen-bond acceptors (Lipinski definition) is 5. The molecule has 6 rings (SSSR count). The van der Waals surface area contributed by atoms with Crippen LogP contribution >= 0.6 is 15.9 Å². The van der Waals surface area contributed by atoms with Crippen LogP contribution in [0.5, 0.6) is 5.75 Å². The van der Waals surface area contributed by atoms with Crippen molar-refractivity contribution >= 4 is 21.8 Å². The Morgan fingerprint density at radius 1 is 1.14 bits per heavy atom. The topological polar surface area (TPSA) is 92.6 Å². The lowest BCUT2D eigenvalue weighted by Gasteiger charge is -2.40. The highest BCUT2D eigenvalue weighted by atomic mass is 79.9. The van der Waals surface area contributed by atoms with Gasteiger partial charge in [-0.05, 0) is 83.8 Å². The second-order valence-electron chi connectivity index (χ2n) is 12.6. The molecule has 8 heteroatoms. The van der Waals surface area contributed by atoms with Crippen LogP contribution in [0.3, 0.4) is 0 Å². The molecule has 0 saturated heterocycles. The van der Waals surface area contributed by atoms with Gasteiger partial charge in [0.2, 0.25) is 0 Å². The maximum atomic E-state index is 13.7. The van der Waals surface area contributed by atoms with Gasteiger partial charge >= 0.3 is 0 Å². The van der Waals surface area contributed by atoms with Gasteiger partial charge in [-0.3, -0.25) is 9.59 Å². The number of pyridine rings is 1. The second kappa shape index (κ2) is 13.4. The molecule has 3 aliphatic rings. The predicted molar refractivity (Wildman–Crippen MR) is 176 cm³/mol. The van der Waals surface area contributed by atoms with E-state index >= 15 is 0 Å². The number of aliphatic hydroxyl groups excluding tert-OH is 1. The lowest BCUT2D eigenvalue weighted by atomic mass is 9.85. The van der Waals surface area contributed by atoms with E-state index in [0.29, 0.717) is 23.0 Å². The molecule has 2 aliphatic carbocycles. The minimum atomic E-state index is -0.862. The number of allylic oxidation sites excluding steroid dienone is 1. The number of nitrogens with zero attached hydrogens (tertiary/aromatic N) is 1. The van der Waals surface area contributed by atoms with Crippen LogP contribution in [0, 0.1) is 0 Å². The van der Waals surface area contributed by atoms with Crippen LogP contribution in [-0.2, 0) is 12.8 Å². The number of aromatic nitrogens is 1. The van der Waals surface area contributed by atoms with Gasteiger partial charge < -0.3 is 25.0 Å². The van der Waals surface area contributed by atoms with Crippen molar-refractivity contribution in [3.63, 3.8) is 0 Å². The highest BCUT2D eigenvalue weighted by Crippen LogP contribution is 2.45. The second-order valence-corrected chi connectivity index (χ2v) is 13.4. The van der Waals surface area contributed by atoms with E-state index in [4.69, 9.17) is 4.74 Å². The summed E-state index contributed by atoms with van der Waals surface area (Å²) in [4.78, 5) is 26.6. The predicted octanol–water partition coefficient (Wildman–Crippen LogP) is 6.19. The quantitative estimate of drug-likeness (QED) is 0.226. The van der Waals surface area contributed by atoms with Gasteiger partial charge in [0.25, 0.3) is 11.5 Å². The lowest BCUT2D eigenvalue weighted by Crippen LogP contribution is -2.50. The number of aliphatic hydroxyl groups is 1. The number of fused-ring (bicyclic) bond motifs is 1. The van der Waals surface area contributed by atoms with Crippen molar-refractivity contribution < 1.29 is 14.6 Å². The third kappa shape index (κ3) is 6.72. The Hall–Kier alpha value is -3.20. The van der Waals surface area contributed by atoms with Crippen molar-refractivity contribution in [3.8, 4) is 5.75 Å². The number of benzene rings is 2. The van der Waals surface area contributed by atoms with Crippen molar-refractivity contribution in [1.82, 2.24) is 15.2 Å². The molecule has 1 saturated carbocycles. The molecule has 44 heavy (non-hydrogen) atoms. The first-order chi connectivity index (χ1) is 21.3. The Bertz CT molecular complexity index is 1570. The van der Waals surface area contributed by atoms with E-state index < -0.39 is 12.1 Å². The van der Waals surface area contributed by atoms with E-state index in [2.05, 4.69) is 63.8 Å². The fraction of sp³-hybridized carbons (Fsp3) is 0.444. The summed E-state index contributed by atoms with van der Waals surface area (Å²) in [6.45, 7) is 2.44. The standard InChI is InChI=1S/C36H42BrN3O4/c1-2-24-14-15-33-28(18-24)31(21-36(44-33)16-8-9-17-36)38-22-32(41)30(19-25-10-4-3-5-11-25)39-34(42)26-20-29(37)35(43)40(23-26)27-12-6-7-13-27/h3-5,8,10-11,14-16,18,20,23,27,30-32,38,41H,2,6-7,9,12-13,17,19,21-22H2,1H3,(H,39,42)/t30-,31?,32+,36?/m0/s1. The van der Waals surface area contributed by atoms with E-state index in [-0.39, 0.29) is 29.2 Å². The zero-order valence-electron chi connectivity index (χ0n) is 25.3. The van der Waals surface area contributed by atoms with Crippen molar-refractivity contribution in [1.29, 1.82) is 0 Å². The molecule has 0 radical (unpaired) electrons. The summed E-state index contributed by atoms with van der Waals surface area (Å²) in [5.74, 6) is 0.584. The summed E-state index contributed by atoms with van der Waals surface area (Å²) in [7, 11) is 0. The van der Waals surface area contributed by atoms with Crippen LogP contribution < -0.4 is 20.9 Å². The molecule has 232 valence electrons. The number of rotatable bonds is 10. The van der Waals surface area contributed by atoms with Gasteiger partial charge in [-0.15, -0.1) is 0 Å². The van der Waals surface area contributed by atoms with E-state index in [1.807, 2.05) is 30.3 Å². The van der Waals surface area contributed by atoms with E-state index in [1.54, 1.807) is 16.8 Å². The maximum Gasteiger partial charge on any atom is 0.265 e.